The van der Waals surface area contributed by atoms with Crippen molar-refractivity contribution in [1.29, 1.82) is 0 Å². The largest absolute Gasteiger partial charge is 0.508 e. The molecule has 4 nitrogen and oxygen atoms in total. The highest BCUT2D eigenvalue weighted by Crippen LogP contribution is 2.22. The highest BCUT2D eigenvalue weighted by Gasteiger charge is 2.37. The summed E-state index contributed by atoms with van der Waals surface area (Å²) in [6.45, 7) is 3.69. The summed E-state index contributed by atoms with van der Waals surface area (Å²) in [5.74, 6) is 0.303. The molecule has 0 radical (unpaired) electrons. The van der Waals surface area contributed by atoms with Crippen molar-refractivity contribution >= 4 is 8.80 Å². The van der Waals surface area contributed by atoms with Gasteiger partial charge in [0.25, 0.3) is 0 Å². The van der Waals surface area contributed by atoms with Crippen molar-refractivity contribution in [2.75, 3.05) is 21.3 Å². The summed E-state index contributed by atoms with van der Waals surface area (Å²) in [5, 5.41) is 9.72. The van der Waals surface area contributed by atoms with Crippen molar-refractivity contribution in [3.8, 4) is 5.75 Å². The Balaban J connectivity index is 2.77. The number of phenolic OH excluding ortho intramolecular Hbond substituents is 1. The van der Waals surface area contributed by atoms with E-state index < -0.39 is 8.80 Å². The van der Waals surface area contributed by atoms with E-state index in [0.717, 1.165) is 17.5 Å². The number of phenols is 1. The van der Waals surface area contributed by atoms with Crippen LogP contribution in [0.2, 0.25) is 6.04 Å². The number of aryl methyl sites for hydroxylation is 1. The van der Waals surface area contributed by atoms with Crippen LogP contribution < -0.4 is 0 Å². The molecule has 1 aromatic carbocycles. The second-order valence-electron chi connectivity index (χ2n) is 4.25. The Morgan fingerprint density at radius 3 is 2.37 bits per heavy atom. The van der Waals surface area contributed by atoms with Gasteiger partial charge in [-0.1, -0.05) is 18.2 Å². The van der Waals surface area contributed by atoms with E-state index >= 15 is 0 Å². The van der Waals surface area contributed by atoms with Crippen molar-refractivity contribution in [2.45, 2.75) is 18.9 Å². The molecule has 1 rings (SSSR count). The minimum absolute atomic E-state index is 0.303. The molecule has 19 heavy (non-hydrogen) atoms. The van der Waals surface area contributed by atoms with Gasteiger partial charge in [-0.2, -0.15) is 0 Å². The van der Waals surface area contributed by atoms with Crippen LogP contribution in [0.4, 0.5) is 0 Å². The standard InChI is InChI=1S/C14H22O4Si/c1-5-6-13-11-12(7-8-14(13)15)9-10-19(16-2,17-3)18-4/h5,7-8,11,15H,1,6,9-10H2,2-4H3. The Morgan fingerprint density at radius 1 is 1.21 bits per heavy atom. The number of rotatable bonds is 8. The first-order chi connectivity index (χ1) is 9.10. The molecule has 1 N–H and O–H groups in total. The van der Waals surface area contributed by atoms with E-state index in [2.05, 4.69) is 6.58 Å². The fourth-order valence-corrected chi connectivity index (χ4v) is 3.67. The van der Waals surface area contributed by atoms with Crippen LogP contribution in [0.15, 0.2) is 30.9 Å². The molecular weight excluding hydrogens is 260 g/mol. The molecule has 0 aliphatic heterocycles. The van der Waals surface area contributed by atoms with Gasteiger partial charge >= 0.3 is 8.80 Å². The first-order valence-electron chi connectivity index (χ1n) is 6.18. The molecule has 0 bridgehead atoms. The van der Waals surface area contributed by atoms with Crippen LogP contribution in [0.25, 0.3) is 0 Å². The molecule has 0 amide bonds. The number of benzene rings is 1. The second-order valence-corrected chi connectivity index (χ2v) is 7.34. The summed E-state index contributed by atoms with van der Waals surface area (Å²) in [7, 11) is 2.30. The predicted molar refractivity (Wildman–Crippen MR) is 77.3 cm³/mol. The molecule has 0 aromatic heterocycles. The quantitative estimate of drug-likeness (QED) is 0.588. The molecule has 5 heteroatoms. The van der Waals surface area contributed by atoms with Gasteiger partial charge in [0.05, 0.1) is 0 Å². The van der Waals surface area contributed by atoms with Crippen LogP contribution in [0.3, 0.4) is 0 Å². The van der Waals surface area contributed by atoms with Gasteiger partial charge in [0.1, 0.15) is 5.75 Å². The van der Waals surface area contributed by atoms with E-state index in [-0.39, 0.29) is 0 Å². The third kappa shape index (κ3) is 4.17. The van der Waals surface area contributed by atoms with E-state index in [1.807, 2.05) is 12.1 Å². The van der Waals surface area contributed by atoms with Crippen LogP contribution in [-0.4, -0.2) is 35.2 Å². The van der Waals surface area contributed by atoms with E-state index in [4.69, 9.17) is 13.3 Å². The van der Waals surface area contributed by atoms with E-state index in [1.165, 1.54) is 0 Å². The maximum atomic E-state index is 9.72. The highest BCUT2D eigenvalue weighted by atomic mass is 28.4. The average molecular weight is 282 g/mol. The molecule has 0 aliphatic carbocycles. The summed E-state index contributed by atoms with van der Waals surface area (Å²) in [6, 6.07) is 6.30. The predicted octanol–water partition coefficient (Wildman–Crippen LogP) is 2.54. The fourth-order valence-electron chi connectivity index (χ4n) is 1.97. The first kappa shape index (κ1) is 15.9. The van der Waals surface area contributed by atoms with Crippen molar-refractivity contribution in [3.05, 3.63) is 42.0 Å². The number of hydrogen-bond acceptors (Lipinski definition) is 4. The van der Waals surface area contributed by atoms with Crippen molar-refractivity contribution < 1.29 is 18.4 Å². The molecule has 0 spiro atoms. The van der Waals surface area contributed by atoms with Crippen LogP contribution in [0, 0.1) is 0 Å². The molecule has 0 unspecified atom stereocenters. The topological polar surface area (TPSA) is 47.9 Å². The van der Waals surface area contributed by atoms with Crippen molar-refractivity contribution in [1.82, 2.24) is 0 Å². The van der Waals surface area contributed by atoms with Gasteiger partial charge in [-0.05, 0) is 30.0 Å². The molecule has 0 heterocycles. The molecular formula is C14H22O4Si. The van der Waals surface area contributed by atoms with Crippen LogP contribution in [-0.2, 0) is 26.1 Å². The van der Waals surface area contributed by atoms with E-state index in [1.54, 1.807) is 33.5 Å². The number of aromatic hydroxyl groups is 1. The van der Waals surface area contributed by atoms with Gasteiger partial charge < -0.3 is 18.4 Å². The zero-order chi connectivity index (χ0) is 14.3. The smallest absolute Gasteiger partial charge is 0.500 e. The Kier molecular flexibility index (Phi) is 6.24. The van der Waals surface area contributed by atoms with Gasteiger partial charge in [-0.15, -0.1) is 6.58 Å². The van der Waals surface area contributed by atoms with Gasteiger partial charge in [0.2, 0.25) is 0 Å². The lowest BCUT2D eigenvalue weighted by atomic mass is 10.1. The first-order valence-corrected chi connectivity index (χ1v) is 8.11. The zero-order valence-electron chi connectivity index (χ0n) is 11.8. The average Bonchev–Trinajstić information content (AvgIpc) is 2.44. The lowest BCUT2D eigenvalue weighted by molar-refractivity contribution is 0.123. The maximum absolute atomic E-state index is 9.72. The lowest BCUT2D eigenvalue weighted by Gasteiger charge is -2.24. The summed E-state index contributed by atoms with van der Waals surface area (Å²) < 4.78 is 16.2. The summed E-state index contributed by atoms with van der Waals surface area (Å²) in [4.78, 5) is 0. The minimum atomic E-state index is -2.53. The van der Waals surface area contributed by atoms with Crippen LogP contribution >= 0.6 is 0 Å². The highest BCUT2D eigenvalue weighted by molar-refractivity contribution is 6.60. The fraction of sp³-hybridized carbons (Fsp3) is 0.429. The van der Waals surface area contributed by atoms with Gasteiger partial charge in [0, 0.05) is 27.4 Å². The summed E-state index contributed by atoms with van der Waals surface area (Å²) >= 11 is 0. The molecule has 0 aliphatic rings. The van der Waals surface area contributed by atoms with Crippen molar-refractivity contribution in [2.24, 2.45) is 0 Å². The van der Waals surface area contributed by atoms with Crippen molar-refractivity contribution in [3.63, 3.8) is 0 Å². The third-order valence-corrected chi connectivity index (χ3v) is 5.89. The number of allylic oxidation sites excluding steroid dienone is 1. The van der Waals surface area contributed by atoms with Gasteiger partial charge in [-0.3, -0.25) is 0 Å². The Morgan fingerprint density at radius 2 is 1.84 bits per heavy atom. The lowest BCUT2D eigenvalue weighted by Crippen LogP contribution is -2.43. The maximum Gasteiger partial charge on any atom is 0.500 e. The molecule has 0 atom stereocenters. The van der Waals surface area contributed by atoms with E-state index in [0.29, 0.717) is 18.2 Å². The van der Waals surface area contributed by atoms with E-state index in [9.17, 15) is 5.11 Å². The summed E-state index contributed by atoms with van der Waals surface area (Å²) in [5.41, 5.74) is 2.00. The Hall–Kier alpha value is -1.14. The zero-order valence-corrected chi connectivity index (χ0v) is 12.8. The Labute approximate surface area is 116 Å². The molecule has 106 valence electrons. The van der Waals surface area contributed by atoms with Crippen LogP contribution in [0.1, 0.15) is 11.1 Å². The SMILES string of the molecule is C=CCc1cc(CC[Si](OC)(OC)OC)ccc1O. The molecule has 0 saturated heterocycles. The summed E-state index contributed by atoms with van der Waals surface area (Å²) in [6.07, 6.45) is 3.21. The normalized spacial score (nSPS) is 11.5. The minimum Gasteiger partial charge on any atom is -0.508 e. The monoisotopic (exact) mass is 282 g/mol. The van der Waals surface area contributed by atoms with Crippen LogP contribution in [0.5, 0.6) is 5.75 Å². The second kappa shape index (κ2) is 7.45. The van der Waals surface area contributed by atoms with Gasteiger partial charge in [0.15, 0.2) is 0 Å². The molecule has 0 saturated carbocycles. The number of hydrogen-bond donors (Lipinski definition) is 1. The third-order valence-electron chi connectivity index (χ3n) is 3.16. The van der Waals surface area contributed by atoms with Gasteiger partial charge in [-0.25, -0.2) is 0 Å². The Bertz CT molecular complexity index is 408. The molecule has 1 aromatic rings. The molecule has 0 fully saturated rings.